The van der Waals surface area contributed by atoms with Crippen LogP contribution in [0.2, 0.25) is 0 Å². The van der Waals surface area contributed by atoms with Crippen LogP contribution in [0.4, 0.5) is 0 Å². The molecule has 1 unspecified atom stereocenters. The van der Waals surface area contributed by atoms with Gasteiger partial charge in [-0.1, -0.05) is 42.8 Å². The van der Waals surface area contributed by atoms with Crippen molar-refractivity contribution in [2.75, 3.05) is 0 Å². The standard InChI is InChI=1S/C18H19N/c19-18(12-5-3-6-12)15-9-8-14-10-13-4-1-2-7-16(13)17(14)11-15/h1-2,4,7-9,11-12,18H,3,5-6,10,19H2. The van der Waals surface area contributed by atoms with Crippen molar-refractivity contribution in [2.45, 2.75) is 31.7 Å². The molecule has 0 radical (unpaired) electrons. The van der Waals surface area contributed by atoms with Crippen molar-refractivity contribution in [3.05, 3.63) is 59.2 Å². The topological polar surface area (TPSA) is 26.0 Å². The lowest BCUT2D eigenvalue weighted by atomic mass is 9.77. The summed E-state index contributed by atoms with van der Waals surface area (Å²) in [4.78, 5) is 0. The third-order valence-corrected chi connectivity index (χ3v) is 4.86. The Balaban J connectivity index is 1.75. The number of fused-ring (bicyclic) bond motifs is 3. The fourth-order valence-electron chi connectivity index (χ4n) is 3.42. The first-order chi connectivity index (χ1) is 9.33. The molecule has 0 spiro atoms. The Labute approximate surface area is 114 Å². The molecule has 0 amide bonds. The molecule has 2 aromatic carbocycles. The van der Waals surface area contributed by atoms with Crippen LogP contribution in [0.5, 0.6) is 0 Å². The molecule has 0 heterocycles. The van der Waals surface area contributed by atoms with E-state index in [4.69, 9.17) is 5.73 Å². The quantitative estimate of drug-likeness (QED) is 0.728. The van der Waals surface area contributed by atoms with E-state index >= 15 is 0 Å². The van der Waals surface area contributed by atoms with Crippen LogP contribution in [-0.2, 0) is 6.42 Å². The minimum Gasteiger partial charge on any atom is -0.324 e. The molecular weight excluding hydrogens is 230 g/mol. The molecule has 0 bridgehead atoms. The van der Waals surface area contributed by atoms with E-state index in [2.05, 4.69) is 42.5 Å². The summed E-state index contributed by atoms with van der Waals surface area (Å²) in [5, 5.41) is 0. The van der Waals surface area contributed by atoms with Crippen molar-refractivity contribution in [2.24, 2.45) is 11.7 Å². The molecule has 2 aliphatic carbocycles. The first-order valence-corrected chi connectivity index (χ1v) is 7.29. The van der Waals surface area contributed by atoms with Crippen LogP contribution < -0.4 is 5.73 Å². The van der Waals surface area contributed by atoms with Gasteiger partial charge in [0.05, 0.1) is 0 Å². The van der Waals surface area contributed by atoms with Gasteiger partial charge in [-0.05, 0) is 59.1 Å². The summed E-state index contributed by atoms with van der Waals surface area (Å²) < 4.78 is 0. The van der Waals surface area contributed by atoms with E-state index in [0.29, 0.717) is 5.92 Å². The van der Waals surface area contributed by atoms with Gasteiger partial charge in [-0.2, -0.15) is 0 Å². The molecule has 2 N–H and O–H groups in total. The Hall–Kier alpha value is -1.60. The SMILES string of the molecule is NC(c1ccc2c(c1)-c1ccccc1C2)C1CCC1. The summed E-state index contributed by atoms with van der Waals surface area (Å²) in [6.45, 7) is 0. The maximum atomic E-state index is 6.41. The Morgan fingerprint density at radius 3 is 2.53 bits per heavy atom. The van der Waals surface area contributed by atoms with E-state index in [1.807, 2.05) is 0 Å². The van der Waals surface area contributed by atoms with Gasteiger partial charge in [-0.15, -0.1) is 0 Å². The molecule has 1 heteroatoms. The second-order valence-corrected chi connectivity index (χ2v) is 5.97. The number of hydrogen-bond acceptors (Lipinski definition) is 1. The highest BCUT2D eigenvalue weighted by atomic mass is 14.7. The summed E-state index contributed by atoms with van der Waals surface area (Å²) in [7, 11) is 0. The third-order valence-electron chi connectivity index (χ3n) is 4.86. The van der Waals surface area contributed by atoms with Crippen LogP contribution in [0.3, 0.4) is 0 Å². The second kappa shape index (κ2) is 4.21. The van der Waals surface area contributed by atoms with Crippen molar-refractivity contribution in [1.29, 1.82) is 0 Å². The van der Waals surface area contributed by atoms with Gasteiger partial charge in [0.15, 0.2) is 0 Å². The smallest absolute Gasteiger partial charge is 0.0323 e. The van der Waals surface area contributed by atoms with Gasteiger partial charge in [0.2, 0.25) is 0 Å². The Morgan fingerprint density at radius 2 is 1.74 bits per heavy atom. The van der Waals surface area contributed by atoms with E-state index < -0.39 is 0 Å². The number of benzene rings is 2. The first-order valence-electron chi connectivity index (χ1n) is 7.29. The second-order valence-electron chi connectivity index (χ2n) is 5.97. The van der Waals surface area contributed by atoms with Gasteiger partial charge >= 0.3 is 0 Å². The zero-order chi connectivity index (χ0) is 12.8. The average Bonchev–Trinajstić information content (AvgIpc) is 2.74. The summed E-state index contributed by atoms with van der Waals surface area (Å²) in [5.74, 6) is 0.703. The number of hydrogen-bond donors (Lipinski definition) is 1. The van der Waals surface area contributed by atoms with Crippen LogP contribution in [0.25, 0.3) is 11.1 Å². The molecule has 19 heavy (non-hydrogen) atoms. The number of rotatable bonds is 2. The summed E-state index contributed by atoms with van der Waals surface area (Å²) in [6, 6.07) is 15.8. The molecule has 0 aromatic heterocycles. The van der Waals surface area contributed by atoms with Gasteiger partial charge in [0, 0.05) is 6.04 Å². The predicted octanol–water partition coefficient (Wildman–Crippen LogP) is 4.06. The normalized spacial score (nSPS) is 18.6. The molecule has 4 rings (SSSR count). The highest BCUT2D eigenvalue weighted by Gasteiger charge is 2.27. The highest BCUT2D eigenvalue weighted by molar-refractivity contribution is 5.77. The summed E-state index contributed by atoms with van der Waals surface area (Å²) in [5.41, 5.74) is 13.4. The Bertz CT molecular complexity index is 625. The molecule has 0 aliphatic heterocycles. The minimum atomic E-state index is 0.229. The van der Waals surface area contributed by atoms with Gasteiger partial charge in [-0.3, -0.25) is 0 Å². The zero-order valence-corrected chi connectivity index (χ0v) is 11.1. The van der Waals surface area contributed by atoms with Crippen molar-refractivity contribution in [3.8, 4) is 11.1 Å². The predicted molar refractivity (Wildman–Crippen MR) is 79.0 cm³/mol. The van der Waals surface area contributed by atoms with Crippen molar-refractivity contribution in [1.82, 2.24) is 0 Å². The van der Waals surface area contributed by atoms with Crippen molar-refractivity contribution < 1.29 is 0 Å². The lowest BCUT2D eigenvalue weighted by Crippen LogP contribution is -2.26. The lowest BCUT2D eigenvalue weighted by molar-refractivity contribution is 0.264. The van der Waals surface area contributed by atoms with E-state index in [1.165, 1.54) is 47.1 Å². The van der Waals surface area contributed by atoms with Gasteiger partial charge < -0.3 is 5.73 Å². The van der Waals surface area contributed by atoms with Crippen molar-refractivity contribution >= 4 is 0 Å². The molecule has 1 fully saturated rings. The summed E-state index contributed by atoms with van der Waals surface area (Å²) >= 11 is 0. The molecule has 2 aromatic rings. The third kappa shape index (κ3) is 1.73. The largest absolute Gasteiger partial charge is 0.324 e. The van der Waals surface area contributed by atoms with E-state index in [0.717, 1.165) is 6.42 Å². The van der Waals surface area contributed by atoms with Crippen LogP contribution in [0, 0.1) is 5.92 Å². The van der Waals surface area contributed by atoms with Gasteiger partial charge in [0.1, 0.15) is 0 Å². The molecular formula is C18H19N. The number of nitrogens with two attached hydrogens (primary N) is 1. The summed E-state index contributed by atoms with van der Waals surface area (Å²) in [6.07, 6.45) is 5.03. The van der Waals surface area contributed by atoms with Crippen LogP contribution >= 0.6 is 0 Å². The maximum absolute atomic E-state index is 6.41. The highest BCUT2D eigenvalue weighted by Crippen LogP contribution is 2.41. The van der Waals surface area contributed by atoms with Crippen LogP contribution in [0.15, 0.2) is 42.5 Å². The average molecular weight is 249 g/mol. The lowest BCUT2D eigenvalue weighted by Gasteiger charge is -2.31. The minimum absolute atomic E-state index is 0.229. The fourth-order valence-corrected chi connectivity index (χ4v) is 3.42. The Kier molecular flexibility index (Phi) is 2.49. The van der Waals surface area contributed by atoms with Gasteiger partial charge in [-0.25, -0.2) is 0 Å². The Morgan fingerprint density at radius 1 is 0.947 bits per heavy atom. The molecule has 96 valence electrons. The van der Waals surface area contributed by atoms with Crippen LogP contribution in [0.1, 0.15) is 42.0 Å². The molecule has 1 saturated carbocycles. The van der Waals surface area contributed by atoms with Gasteiger partial charge in [0.25, 0.3) is 0 Å². The molecule has 1 nitrogen and oxygen atoms in total. The monoisotopic (exact) mass is 249 g/mol. The van der Waals surface area contributed by atoms with E-state index in [9.17, 15) is 0 Å². The molecule has 0 saturated heterocycles. The zero-order valence-electron chi connectivity index (χ0n) is 11.1. The van der Waals surface area contributed by atoms with Crippen LogP contribution in [-0.4, -0.2) is 0 Å². The van der Waals surface area contributed by atoms with E-state index in [1.54, 1.807) is 0 Å². The first kappa shape index (κ1) is 11.2. The molecule has 1 atom stereocenters. The fraction of sp³-hybridized carbons (Fsp3) is 0.333. The van der Waals surface area contributed by atoms with Crippen molar-refractivity contribution in [3.63, 3.8) is 0 Å². The molecule has 2 aliphatic rings. The maximum Gasteiger partial charge on any atom is 0.0323 e. The van der Waals surface area contributed by atoms with E-state index in [-0.39, 0.29) is 6.04 Å².